The Morgan fingerprint density at radius 2 is 1.90 bits per heavy atom. The standard InChI is InChI=1S/C24H19FN2O4/c1-13(2)27-19(9-10-26-27)16-11-21(28)31-20-8-7-15-23(29)17(12-30-24(15)22(16)20)14-5-3-4-6-18(14)25/h3-10,12-13,16H,11H2,1-2H3. The van der Waals surface area contributed by atoms with Crippen molar-refractivity contribution in [3.8, 4) is 16.9 Å². The highest BCUT2D eigenvalue weighted by atomic mass is 19.1. The summed E-state index contributed by atoms with van der Waals surface area (Å²) < 4.78 is 27.5. The lowest BCUT2D eigenvalue weighted by Crippen LogP contribution is -2.24. The first-order chi connectivity index (χ1) is 15.0. The van der Waals surface area contributed by atoms with E-state index in [4.69, 9.17) is 9.15 Å². The summed E-state index contributed by atoms with van der Waals surface area (Å²) in [7, 11) is 0. The minimum absolute atomic E-state index is 0.0843. The van der Waals surface area contributed by atoms with Gasteiger partial charge in [-0.1, -0.05) is 18.2 Å². The van der Waals surface area contributed by atoms with Crippen LogP contribution in [-0.2, 0) is 4.79 Å². The van der Waals surface area contributed by atoms with E-state index in [2.05, 4.69) is 5.10 Å². The van der Waals surface area contributed by atoms with E-state index in [0.29, 0.717) is 22.3 Å². The lowest BCUT2D eigenvalue weighted by molar-refractivity contribution is -0.135. The molecule has 0 saturated carbocycles. The zero-order chi connectivity index (χ0) is 21.7. The molecule has 156 valence electrons. The third kappa shape index (κ3) is 3.04. The zero-order valence-electron chi connectivity index (χ0n) is 17.0. The summed E-state index contributed by atoms with van der Waals surface area (Å²) in [5.74, 6) is -0.891. The van der Waals surface area contributed by atoms with Crippen molar-refractivity contribution in [2.45, 2.75) is 32.2 Å². The molecule has 2 aromatic carbocycles. The number of rotatable bonds is 3. The second kappa shape index (κ2) is 7.19. The molecule has 0 amide bonds. The average molecular weight is 418 g/mol. The number of nitrogens with zero attached hydrogens (tertiary/aromatic N) is 2. The maximum atomic E-state index is 14.3. The monoisotopic (exact) mass is 418 g/mol. The van der Waals surface area contributed by atoms with Gasteiger partial charge in [0.1, 0.15) is 23.4 Å². The molecule has 5 rings (SSSR count). The smallest absolute Gasteiger partial charge is 0.312 e. The van der Waals surface area contributed by atoms with E-state index in [9.17, 15) is 14.0 Å². The Balaban J connectivity index is 1.76. The number of benzene rings is 2. The molecule has 6 nitrogen and oxygen atoms in total. The topological polar surface area (TPSA) is 74.3 Å². The predicted octanol–water partition coefficient (Wildman–Crippen LogP) is 4.82. The van der Waals surface area contributed by atoms with Gasteiger partial charge in [0.25, 0.3) is 0 Å². The van der Waals surface area contributed by atoms with Crippen LogP contribution in [0.25, 0.3) is 22.1 Å². The van der Waals surface area contributed by atoms with E-state index in [-0.39, 0.29) is 40.9 Å². The largest absolute Gasteiger partial charge is 0.463 e. The minimum Gasteiger partial charge on any atom is -0.463 e. The molecule has 0 N–H and O–H groups in total. The van der Waals surface area contributed by atoms with Crippen LogP contribution in [0.1, 0.15) is 43.5 Å². The highest BCUT2D eigenvalue weighted by Gasteiger charge is 2.34. The van der Waals surface area contributed by atoms with Gasteiger partial charge in [-0.3, -0.25) is 14.3 Å². The quantitative estimate of drug-likeness (QED) is 0.352. The molecule has 1 aliphatic heterocycles. The van der Waals surface area contributed by atoms with Gasteiger partial charge in [0, 0.05) is 35.0 Å². The van der Waals surface area contributed by atoms with Crippen LogP contribution in [0.3, 0.4) is 0 Å². The number of hydrogen-bond donors (Lipinski definition) is 0. The predicted molar refractivity (Wildman–Crippen MR) is 113 cm³/mol. The van der Waals surface area contributed by atoms with Crippen molar-refractivity contribution in [3.05, 3.63) is 82.2 Å². The molecule has 3 heterocycles. The highest BCUT2D eigenvalue weighted by Crippen LogP contribution is 2.43. The minimum atomic E-state index is -0.500. The number of esters is 1. The number of fused-ring (bicyclic) bond motifs is 3. The summed E-state index contributed by atoms with van der Waals surface area (Å²) in [6.07, 6.45) is 3.06. The van der Waals surface area contributed by atoms with E-state index < -0.39 is 5.82 Å². The molecule has 1 atom stereocenters. The first kappa shape index (κ1) is 19.2. The van der Waals surface area contributed by atoms with Crippen molar-refractivity contribution in [2.24, 2.45) is 0 Å². The van der Waals surface area contributed by atoms with Crippen LogP contribution in [0.5, 0.6) is 5.75 Å². The Labute approximate surface area is 176 Å². The molecule has 31 heavy (non-hydrogen) atoms. The summed E-state index contributed by atoms with van der Waals surface area (Å²) in [6.45, 7) is 4.00. The summed E-state index contributed by atoms with van der Waals surface area (Å²) >= 11 is 0. The van der Waals surface area contributed by atoms with Crippen LogP contribution < -0.4 is 10.2 Å². The maximum absolute atomic E-state index is 14.3. The zero-order valence-corrected chi connectivity index (χ0v) is 17.0. The summed E-state index contributed by atoms with van der Waals surface area (Å²) in [4.78, 5) is 25.6. The van der Waals surface area contributed by atoms with Crippen LogP contribution >= 0.6 is 0 Å². The van der Waals surface area contributed by atoms with Crippen LogP contribution in [-0.4, -0.2) is 15.7 Å². The molecule has 0 saturated heterocycles. The number of carbonyl (C=O) groups excluding carboxylic acids is 1. The van der Waals surface area contributed by atoms with Crippen molar-refractivity contribution in [1.82, 2.24) is 9.78 Å². The molecule has 1 unspecified atom stereocenters. The number of hydrogen-bond acceptors (Lipinski definition) is 5. The van der Waals surface area contributed by atoms with E-state index in [1.165, 1.54) is 18.4 Å². The van der Waals surface area contributed by atoms with Gasteiger partial charge in [-0.15, -0.1) is 0 Å². The SMILES string of the molecule is CC(C)n1nccc1C1CC(=O)Oc2ccc3c(=O)c(-c4ccccc4F)coc3c21. The van der Waals surface area contributed by atoms with Gasteiger partial charge < -0.3 is 9.15 Å². The number of carbonyl (C=O) groups is 1. The molecule has 0 spiro atoms. The van der Waals surface area contributed by atoms with Crippen molar-refractivity contribution in [1.29, 1.82) is 0 Å². The normalized spacial score (nSPS) is 15.9. The molecular formula is C24H19FN2O4. The fourth-order valence-electron chi connectivity index (χ4n) is 4.21. The van der Waals surface area contributed by atoms with Gasteiger partial charge in [0.2, 0.25) is 5.43 Å². The Kier molecular flexibility index (Phi) is 4.46. The number of aromatic nitrogens is 2. The number of halogens is 1. The van der Waals surface area contributed by atoms with E-state index in [1.807, 2.05) is 24.6 Å². The van der Waals surface area contributed by atoms with Crippen LogP contribution in [0, 0.1) is 5.82 Å². The third-order valence-corrected chi connectivity index (χ3v) is 5.59. The Morgan fingerprint density at radius 3 is 2.68 bits per heavy atom. The number of ether oxygens (including phenoxy) is 1. The molecule has 0 bridgehead atoms. The fraction of sp³-hybridized carbons (Fsp3) is 0.208. The lowest BCUT2D eigenvalue weighted by atomic mass is 9.88. The van der Waals surface area contributed by atoms with Gasteiger partial charge in [0.05, 0.1) is 17.4 Å². The first-order valence-electron chi connectivity index (χ1n) is 10.0. The molecular weight excluding hydrogens is 399 g/mol. The second-order valence-electron chi connectivity index (χ2n) is 7.84. The third-order valence-electron chi connectivity index (χ3n) is 5.59. The lowest BCUT2D eigenvalue weighted by Gasteiger charge is -2.26. The van der Waals surface area contributed by atoms with Gasteiger partial charge in [-0.2, -0.15) is 5.10 Å². The first-order valence-corrected chi connectivity index (χ1v) is 10.0. The van der Waals surface area contributed by atoms with Gasteiger partial charge in [-0.25, -0.2) is 4.39 Å². The summed E-state index contributed by atoms with van der Waals surface area (Å²) in [5, 5.41) is 4.68. The van der Waals surface area contributed by atoms with Crippen molar-refractivity contribution in [2.75, 3.05) is 0 Å². The van der Waals surface area contributed by atoms with E-state index in [1.54, 1.807) is 30.5 Å². The van der Waals surface area contributed by atoms with Crippen molar-refractivity contribution >= 4 is 16.9 Å². The average Bonchev–Trinajstić information content (AvgIpc) is 3.24. The van der Waals surface area contributed by atoms with Gasteiger partial charge in [0.15, 0.2) is 0 Å². The van der Waals surface area contributed by atoms with Crippen LogP contribution in [0.2, 0.25) is 0 Å². The summed E-state index contributed by atoms with van der Waals surface area (Å²) in [5.41, 5.74) is 1.76. The molecule has 0 aliphatic carbocycles. The molecule has 1 aliphatic rings. The molecule has 7 heteroatoms. The van der Waals surface area contributed by atoms with Crippen molar-refractivity contribution < 1.29 is 18.3 Å². The Morgan fingerprint density at radius 1 is 1.10 bits per heavy atom. The molecule has 2 aromatic heterocycles. The maximum Gasteiger partial charge on any atom is 0.312 e. The second-order valence-corrected chi connectivity index (χ2v) is 7.84. The van der Waals surface area contributed by atoms with Crippen LogP contribution in [0.4, 0.5) is 4.39 Å². The van der Waals surface area contributed by atoms with Gasteiger partial charge in [-0.05, 0) is 38.1 Å². The molecule has 0 radical (unpaired) electrons. The van der Waals surface area contributed by atoms with Gasteiger partial charge >= 0.3 is 5.97 Å². The highest BCUT2D eigenvalue weighted by molar-refractivity contribution is 5.90. The Bertz CT molecular complexity index is 1390. The van der Waals surface area contributed by atoms with E-state index >= 15 is 0 Å². The Hall–Kier alpha value is -3.74. The van der Waals surface area contributed by atoms with E-state index in [0.717, 1.165) is 5.69 Å². The van der Waals surface area contributed by atoms with Crippen molar-refractivity contribution in [3.63, 3.8) is 0 Å². The summed E-state index contributed by atoms with van der Waals surface area (Å²) in [6, 6.07) is 11.2. The molecule has 0 fully saturated rings. The molecule has 4 aromatic rings. The fourth-order valence-corrected chi connectivity index (χ4v) is 4.21. The van der Waals surface area contributed by atoms with Crippen LogP contribution in [0.15, 0.2) is 64.1 Å².